The minimum Gasteiger partial charge on any atom is -0.455 e. The molecule has 0 aliphatic carbocycles. The van der Waals surface area contributed by atoms with Gasteiger partial charge in [-0.25, -0.2) is 0 Å². The van der Waals surface area contributed by atoms with Crippen LogP contribution in [-0.2, 0) is 4.57 Å². The summed E-state index contributed by atoms with van der Waals surface area (Å²) >= 11 is 1.78. The van der Waals surface area contributed by atoms with E-state index < -0.39 is 7.14 Å². The summed E-state index contributed by atoms with van der Waals surface area (Å²) in [5.41, 5.74) is 4.12. The molecule has 2 aromatic heterocycles. The molecule has 9 rings (SSSR count). The van der Waals surface area contributed by atoms with Crippen LogP contribution in [0, 0.1) is 0 Å². The highest BCUT2D eigenvalue weighted by Crippen LogP contribution is 2.45. The molecule has 0 unspecified atom stereocenters. The number of thiophene rings is 1. The zero-order valence-electron chi connectivity index (χ0n) is 23.6. The van der Waals surface area contributed by atoms with Gasteiger partial charge in [-0.2, -0.15) is 0 Å². The molecule has 0 saturated heterocycles. The van der Waals surface area contributed by atoms with Crippen molar-refractivity contribution in [2.24, 2.45) is 0 Å². The van der Waals surface area contributed by atoms with Crippen LogP contribution in [-0.4, -0.2) is 0 Å². The third-order valence-corrected chi connectivity index (χ3v) is 13.0. The van der Waals surface area contributed by atoms with E-state index in [-0.39, 0.29) is 0 Å². The van der Waals surface area contributed by atoms with Crippen LogP contribution < -0.4 is 15.9 Å². The molecule has 0 radical (unpaired) electrons. The lowest BCUT2D eigenvalue weighted by molar-refractivity contribution is 0.592. The Morgan fingerprint density at radius 3 is 1.82 bits per heavy atom. The summed E-state index contributed by atoms with van der Waals surface area (Å²) in [4.78, 5) is 0. The van der Waals surface area contributed by atoms with Crippen molar-refractivity contribution in [1.82, 2.24) is 0 Å². The molecule has 4 heteroatoms. The monoisotopic (exact) mass is 600 g/mol. The molecule has 208 valence electrons. The van der Waals surface area contributed by atoms with E-state index in [4.69, 9.17) is 4.42 Å². The van der Waals surface area contributed by atoms with Gasteiger partial charge in [0.25, 0.3) is 0 Å². The minimum absolute atomic E-state index is 0.846. The Labute approximate surface area is 258 Å². The number of rotatable bonds is 4. The lowest BCUT2D eigenvalue weighted by atomic mass is 10.00. The molecular weight excluding hydrogens is 575 g/mol. The van der Waals surface area contributed by atoms with E-state index in [9.17, 15) is 0 Å². The molecule has 44 heavy (non-hydrogen) atoms. The normalized spacial score (nSPS) is 12.2. The van der Waals surface area contributed by atoms with Crippen molar-refractivity contribution in [2.45, 2.75) is 0 Å². The minimum atomic E-state index is -3.07. The molecule has 7 aromatic carbocycles. The van der Waals surface area contributed by atoms with Crippen molar-refractivity contribution >= 4 is 87.3 Å². The largest absolute Gasteiger partial charge is 0.455 e. The molecule has 0 aliphatic heterocycles. The summed E-state index contributed by atoms with van der Waals surface area (Å²) in [7, 11) is -3.07. The maximum absolute atomic E-state index is 15.1. The van der Waals surface area contributed by atoms with Gasteiger partial charge in [0.1, 0.15) is 11.2 Å². The van der Waals surface area contributed by atoms with Crippen LogP contribution in [0.2, 0.25) is 0 Å². The predicted molar refractivity (Wildman–Crippen MR) is 189 cm³/mol. The van der Waals surface area contributed by atoms with Gasteiger partial charge in [-0.05, 0) is 65.0 Å². The Kier molecular flexibility index (Phi) is 5.68. The molecule has 0 N–H and O–H groups in total. The maximum Gasteiger partial charge on any atom is 0.171 e. The molecule has 0 bridgehead atoms. The molecule has 0 atom stereocenters. The first-order valence-corrected chi connectivity index (χ1v) is 17.2. The predicted octanol–water partition coefficient (Wildman–Crippen LogP) is 10.4. The first-order chi connectivity index (χ1) is 21.7. The third kappa shape index (κ3) is 3.84. The molecule has 9 aromatic rings. The fourth-order valence-corrected chi connectivity index (χ4v) is 10.3. The van der Waals surface area contributed by atoms with Gasteiger partial charge in [-0.15, -0.1) is 11.3 Å². The molecule has 0 aliphatic rings. The molecule has 2 nitrogen and oxygen atoms in total. The maximum atomic E-state index is 15.1. The van der Waals surface area contributed by atoms with Crippen molar-refractivity contribution < 1.29 is 8.98 Å². The highest BCUT2D eigenvalue weighted by Gasteiger charge is 2.30. The second-order valence-corrected chi connectivity index (χ2v) is 15.1. The van der Waals surface area contributed by atoms with E-state index in [2.05, 4.69) is 91.0 Å². The van der Waals surface area contributed by atoms with Gasteiger partial charge in [0.2, 0.25) is 0 Å². The molecule has 2 heterocycles. The Morgan fingerprint density at radius 2 is 1.07 bits per heavy atom. The van der Waals surface area contributed by atoms with E-state index in [1.54, 1.807) is 11.3 Å². The van der Waals surface area contributed by atoms with Gasteiger partial charge in [0, 0.05) is 52.2 Å². The summed E-state index contributed by atoms with van der Waals surface area (Å²) in [6.07, 6.45) is 0. The van der Waals surface area contributed by atoms with Crippen LogP contribution in [0.3, 0.4) is 0 Å². The summed E-state index contributed by atoms with van der Waals surface area (Å²) in [6.45, 7) is 0. The number of benzene rings is 7. The number of hydrogen-bond acceptors (Lipinski definition) is 3. The Balaban J connectivity index is 1.22. The zero-order chi connectivity index (χ0) is 29.3. The Bertz CT molecular complexity index is 2540. The smallest absolute Gasteiger partial charge is 0.171 e. The topological polar surface area (TPSA) is 30.2 Å². The van der Waals surface area contributed by atoms with Crippen LogP contribution >= 0.6 is 18.5 Å². The Morgan fingerprint density at radius 1 is 0.455 bits per heavy atom. The van der Waals surface area contributed by atoms with Gasteiger partial charge >= 0.3 is 0 Å². The zero-order valence-corrected chi connectivity index (χ0v) is 25.3. The summed E-state index contributed by atoms with van der Waals surface area (Å²) in [6, 6.07) is 52.0. The number of furan rings is 1. The van der Waals surface area contributed by atoms with Crippen molar-refractivity contribution in [3.63, 3.8) is 0 Å². The fourth-order valence-electron chi connectivity index (χ4n) is 6.55. The van der Waals surface area contributed by atoms with Crippen molar-refractivity contribution in [3.8, 4) is 11.1 Å². The van der Waals surface area contributed by atoms with Crippen LogP contribution in [0.1, 0.15) is 0 Å². The van der Waals surface area contributed by atoms with Crippen LogP contribution in [0.25, 0.3) is 64.0 Å². The third-order valence-electron chi connectivity index (χ3n) is 8.75. The first kappa shape index (κ1) is 25.5. The van der Waals surface area contributed by atoms with E-state index in [0.29, 0.717) is 0 Å². The van der Waals surface area contributed by atoms with Gasteiger partial charge in [-0.3, -0.25) is 0 Å². The quantitative estimate of drug-likeness (QED) is 0.188. The lowest BCUT2D eigenvalue weighted by Crippen LogP contribution is -2.24. The SMILES string of the molecule is O=P(c1ccccc1)(c1ccccc1)c1ccc2sc3ccc(-c4ccc5oc6c7ccccc7ccc6c5c4)cc3c2c1. The molecule has 0 amide bonds. The number of hydrogen-bond donors (Lipinski definition) is 0. The van der Waals surface area contributed by atoms with Gasteiger partial charge in [-0.1, -0.05) is 103 Å². The average Bonchev–Trinajstić information content (AvgIpc) is 3.66. The Hall–Kier alpha value is -4.95. The highest BCUT2D eigenvalue weighted by atomic mass is 32.1. The van der Waals surface area contributed by atoms with E-state index in [1.807, 2.05) is 60.7 Å². The molecule has 0 saturated carbocycles. The van der Waals surface area contributed by atoms with Crippen LogP contribution in [0.15, 0.2) is 156 Å². The molecule has 0 fully saturated rings. The van der Waals surface area contributed by atoms with Crippen LogP contribution in [0.4, 0.5) is 0 Å². The van der Waals surface area contributed by atoms with Gasteiger partial charge in [0.05, 0.1) is 0 Å². The summed E-state index contributed by atoms with van der Waals surface area (Å²) < 4.78 is 23.9. The van der Waals surface area contributed by atoms with Gasteiger partial charge in [0.15, 0.2) is 7.14 Å². The second-order valence-electron chi connectivity index (χ2n) is 11.3. The average molecular weight is 601 g/mol. The van der Waals surface area contributed by atoms with Crippen molar-refractivity contribution in [3.05, 3.63) is 152 Å². The summed E-state index contributed by atoms with van der Waals surface area (Å²) in [5, 5.41) is 9.42. The number of fused-ring (bicyclic) bond motifs is 8. The van der Waals surface area contributed by atoms with Crippen LogP contribution in [0.5, 0.6) is 0 Å². The molecule has 0 spiro atoms. The van der Waals surface area contributed by atoms with E-state index >= 15 is 4.57 Å². The van der Waals surface area contributed by atoms with E-state index in [0.717, 1.165) is 59.8 Å². The summed E-state index contributed by atoms with van der Waals surface area (Å²) in [5.74, 6) is 0. The van der Waals surface area contributed by atoms with Gasteiger partial charge < -0.3 is 8.98 Å². The van der Waals surface area contributed by atoms with E-state index in [1.165, 1.54) is 20.2 Å². The second kappa shape index (κ2) is 9.79. The fraction of sp³-hybridized carbons (Fsp3) is 0. The standard InChI is InChI=1S/C40H25O2PS/c41-43(29-10-3-1-4-11-29,30-12-5-2-6-13-30)31-18-22-39-36(25-31)35-24-28(17-21-38(35)44-39)27-16-20-37-34(23-27)33-19-15-26-9-7-8-14-32(26)40(33)42-37/h1-25H. The molecular formula is C40H25O2PS. The lowest BCUT2D eigenvalue weighted by Gasteiger charge is -2.20. The van der Waals surface area contributed by atoms with Crippen molar-refractivity contribution in [1.29, 1.82) is 0 Å². The highest BCUT2D eigenvalue weighted by molar-refractivity contribution is 7.85. The first-order valence-electron chi connectivity index (χ1n) is 14.7. The van der Waals surface area contributed by atoms with Crippen molar-refractivity contribution in [2.75, 3.05) is 0 Å².